The molecule has 0 aromatic heterocycles. The summed E-state index contributed by atoms with van der Waals surface area (Å²) in [4.78, 5) is 0. The zero-order valence-corrected chi connectivity index (χ0v) is 9.10. The van der Waals surface area contributed by atoms with E-state index in [1.54, 1.807) is 6.07 Å². The van der Waals surface area contributed by atoms with Crippen LogP contribution in [0.15, 0.2) is 22.7 Å². The zero-order valence-electron chi connectivity index (χ0n) is 6.70. The quantitative estimate of drug-likeness (QED) is 0.614. The molecule has 6 heteroatoms. The molecule has 14 heavy (non-hydrogen) atoms. The average molecular weight is 279 g/mol. The summed E-state index contributed by atoms with van der Waals surface area (Å²) in [7, 11) is -5.01. The highest BCUT2D eigenvalue weighted by atomic mass is 79.9. The zero-order chi connectivity index (χ0) is 10.8. The van der Waals surface area contributed by atoms with E-state index in [1.807, 2.05) is 0 Å². The number of halogens is 2. The van der Waals surface area contributed by atoms with Gasteiger partial charge in [-0.3, -0.25) is 0 Å². The third kappa shape index (κ3) is 3.36. The van der Waals surface area contributed by atoms with Crippen LogP contribution in [0.4, 0.5) is 3.89 Å². The van der Waals surface area contributed by atoms with Crippen molar-refractivity contribution in [3.05, 3.63) is 28.2 Å². The Morgan fingerprint density at radius 1 is 1.43 bits per heavy atom. The van der Waals surface area contributed by atoms with Crippen molar-refractivity contribution in [1.82, 2.24) is 0 Å². The van der Waals surface area contributed by atoms with Gasteiger partial charge in [0, 0.05) is 10.0 Å². The third-order valence-electron chi connectivity index (χ3n) is 1.23. The van der Waals surface area contributed by atoms with Gasteiger partial charge in [0.2, 0.25) is 0 Å². The molecule has 0 heterocycles. The van der Waals surface area contributed by atoms with E-state index in [-0.39, 0.29) is 5.75 Å². The van der Waals surface area contributed by atoms with Gasteiger partial charge in [-0.2, -0.15) is 8.42 Å². The van der Waals surface area contributed by atoms with Gasteiger partial charge in [0.15, 0.2) is 0 Å². The van der Waals surface area contributed by atoms with Gasteiger partial charge in [-0.1, -0.05) is 25.7 Å². The van der Waals surface area contributed by atoms with Crippen molar-refractivity contribution in [2.75, 3.05) is 0 Å². The van der Waals surface area contributed by atoms with Crippen LogP contribution in [0.25, 0.3) is 0 Å². The standard InChI is InChI=1S/C8H4BrFO3S/c1-2-6-3-7(9)5-8(4-6)13-14(10,11)12/h1,3-5H. The highest BCUT2D eigenvalue weighted by molar-refractivity contribution is 9.10. The molecule has 0 amide bonds. The summed E-state index contributed by atoms with van der Waals surface area (Å²) >= 11 is 3.07. The van der Waals surface area contributed by atoms with Crippen LogP contribution in [0, 0.1) is 12.3 Å². The molecule has 0 atom stereocenters. The molecule has 1 aromatic carbocycles. The first-order valence-electron chi connectivity index (χ1n) is 3.32. The minimum atomic E-state index is -5.01. The minimum Gasteiger partial charge on any atom is -0.358 e. The number of hydrogen-bond donors (Lipinski definition) is 0. The summed E-state index contributed by atoms with van der Waals surface area (Å²) in [6, 6.07) is 4.09. The summed E-state index contributed by atoms with van der Waals surface area (Å²) in [6.45, 7) is 0. The van der Waals surface area contributed by atoms with Gasteiger partial charge in [-0.05, 0) is 18.2 Å². The van der Waals surface area contributed by atoms with E-state index in [9.17, 15) is 12.3 Å². The van der Waals surface area contributed by atoms with E-state index < -0.39 is 10.5 Å². The largest absolute Gasteiger partial charge is 0.488 e. The first-order chi connectivity index (χ1) is 6.40. The molecule has 1 rings (SSSR count). The van der Waals surface area contributed by atoms with Gasteiger partial charge in [-0.25, -0.2) is 0 Å². The molecule has 0 bridgehead atoms. The predicted molar refractivity (Wildman–Crippen MR) is 52.7 cm³/mol. The molecular formula is C8H4BrFO3S. The Hall–Kier alpha value is -1.06. The fraction of sp³-hybridized carbons (Fsp3) is 0. The summed E-state index contributed by atoms with van der Waals surface area (Å²) in [5.41, 5.74) is 0.387. The molecule has 3 nitrogen and oxygen atoms in total. The SMILES string of the molecule is C#Cc1cc(Br)cc(OS(=O)(=O)F)c1. The maximum atomic E-state index is 12.1. The van der Waals surface area contributed by atoms with Crippen molar-refractivity contribution in [3.8, 4) is 18.1 Å². The maximum absolute atomic E-state index is 12.1. The van der Waals surface area contributed by atoms with Crippen molar-refractivity contribution < 1.29 is 16.5 Å². The third-order valence-corrected chi connectivity index (χ3v) is 2.08. The van der Waals surface area contributed by atoms with E-state index in [0.717, 1.165) is 0 Å². The van der Waals surface area contributed by atoms with Gasteiger partial charge in [0.25, 0.3) is 0 Å². The molecule has 0 spiro atoms. The van der Waals surface area contributed by atoms with Crippen LogP contribution in [-0.4, -0.2) is 8.42 Å². The van der Waals surface area contributed by atoms with E-state index >= 15 is 0 Å². The molecule has 0 fully saturated rings. The lowest BCUT2D eigenvalue weighted by atomic mass is 10.2. The van der Waals surface area contributed by atoms with Gasteiger partial charge in [0.1, 0.15) is 5.75 Å². The molecule has 0 saturated carbocycles. The molecule has 0 N–H and O–H groups in total. The Labute approximate surface area is 89.4 Å². The monoisotopic (exact) mass is 278 g/mol. The van der Waals surface area contributed by atoms with Crippen molar-refractivity contribution in [1.29, 1.82) is 0 Å². The number of rotatable bonds is 2. The molecule has 0 aliphatic rings. The Kier molecular flexibility index (Phi) is 3.13. The lowest BCUT2D eigenvalue weighted by Crippen LogP contribution is -2.01. The highest BCUT2D eigenvalue weighted by Crippen LogP contribution is 2.22. The van der Waals surface area contributed by atoms with Crippen LogP contribution >= 0.6 is 15.9 Å². The molecule has 0 aliphatic heterocycles. The lowest BCUT2D eigenvalue weighted by Gasteiger charge is -2.01. The number of benzene rings is 1. The van der Waals surface area contributed by atoms with Gasteiger partial charge < -0.3 is 4.18 Å². The Morgan fingerprint density at radius 2 is 2.07 bits per heavy atom. The van der Waals surface area contributed by atoms with Crippen LogP contribution in [0.3, 0.4) is 0 Å². The Bertz CT molecular complexity index is 490. The summed E-state index contributed by atoms with van der Waals surface area (Å²) < 4.78 is 36.9. The van der Waals surface area contributed by atoms with Gasteiger partial charge in [-0.15, -0.1) is 6.42 Å². The maximum Gasteiger partial charge on any atom is 0.488 e. The van der Waals surface area contributed by atoms with E-state index in [2.05, 4.69) is 26.0 Å². The van der Waals surface area contributed by atoms with Crippen LogP contribution < -0.4 is 4.18 Å². The van der Waals surface area contributed by atoms with Crippen molar-refractivity contribution in [3.63, 3.8) is 0 Å². The summed E-state index contributed by atoms with van der Waals surface area (Å²) in [5, 5.41) is 0. The van der Waals surface area contributed by atoms with Gasteiger partial charge in [0.05, 0.1) is 0 Å². The molecule has 74 valence electrons. The van der Waals surface area contributed by atoms with Crippen LogP contribution in [0.1, 0.15) is 5.56 Å². The second kappa shape index (κ2) is 3.98. The Balaban J connectivity index is 3.12. The lowest BCUT2D eigenvalue weighted by molar-refractivity contribution is 0.440. The molecule has 0 aliphatic carbocycles. The molecule has 0 saturated heterocycles. The topological polar surface area (TPSA) is 43.4 Å². The van der Waals surface area contributed by atoms with Crippen LogP contribution in [-0.2, 0) is 10.5 Å². The fourth-order valence-electron chi connectivity index (χ4n) is 0.809. The summed E-state index contributed by atoms with van der Waals surface area (Å²) in [5.74, 6) is 2.10. The molecule has 1 aromatic rings. The van der Waals surface area contributed by atoms with Crippen LogP contribution in [0.2, 0.25) is 0 Å². The molecule has 0 unspecified atom stereocenters. The molecular weight excluding hydrogens is 275 g/mol. The first-order valence-corrected chi connectivity index (χ1v) is 5.42. The van der Waals surface area contributed by atoms with E-state index in [1.165, 1.54) is 12.1 Å². The second-order valence-corrected chi connectivity index (χ2v) is 4.16. The smallest absolute Gasteiger partial charge is 0.358 e. The van der Waals surface area contributed by atoms with Crippen molar-refractivity contribution >= 4 is 26.4 Å². The first kappa shape index (κ1) is 11.0. The van der Waals surface area contributed by atoms with Gasteiger partial charge >= 0.3 is 10.5 Å². The van der Waals surface area contributed by atoms with Crippen LogP contribution in [0.5, 0.6) is 5.75 Å². The molecule has 0 radical (unpaired) electrons. The second-order valence-electron chi connectivity index (χ2n) is 2.30. The predicted octanol–water partition coefficient (Wildman–Crippen LogP) is 2.02. The fourth-order valence-corrected chi connectivity index (χ4v) is 1.61. The minimum absolute atomic E-state index is 0.171. The highest BCUT2D eigenvalue weighted by Gasteiger charge is 2.10. The normalized spacial score (nSPS) is 10.6. The number of terminal acetylenes is 1. The van der Waals surface area contributed by atoms with E-state index in [4.69, 9.17) is 6.42 Å². The average Bonchev–Trinajstić information content (AvgIpc) is 1.99. The summed E-state index contributed by atoms with van der Waals surface area (Å²) in [6.07, 6.45) is 5.08. The number of hydrogen-bond acceptors (Lipinski definition) is 3. The van der Waals surface area contributed by atoms with E-state index in [0.29, 0.717) is 10.0 Å². The van der Waals surface area contributed by atoms with Crippen molar-refractivity contribution in [2.24, 2.45) is 0 Å². The van der Waals surface area contributed by atoms with Crippen molar-refractivity contribution in [2.45, 2.75) is 0 Å². The Morgan fingerprint density at radius 3 is 2.57 bits per heavy atom.